The standard InChI is InChI=1S/C13H16ClNO4/c1-18-9-3-4-10(19-2)12(14)11(9)8-5-7(6-15-8)13(16)17/h3-4,7-8,15H,5-6H2,1-2H3,(H,16,17). The molecule has 0 bridgehead atoms. The second-order valence-electron chi connectivity index (χ2n) is 4.43. The van der Waals surface area contributed by atoms with Crippen molar-refractivity contribution in [2.45, 2.75) is 12.5 Å². The summed E-state index contributed by atoms with van der Waals surface area (Å²) in [6, 6.07) is 3.36. The Balaban J connectivity index is 2.36. The summed E-state index contributed by atoms with van der Waals surface area (Å²) in [5.41, 5.74) is 0.757. The van der Waals surface area contributed by atoms with Gasteiger partial charge in [0.1, 0.15) is 11.5 Å². The van der Waals surface area contributed by atoms with E-state index in [9.17, 15) is 4.79 Å². The minimum atomic E-state index is -0.798. The average Bonchev–Trinajstić information content (AvgIpc) is 2.87. The Bertz CT molecular complexity index is 492. The first-order valence-corrected chi connectivity index (χ1v) is 6.32. The van der Waals surface area contributed by atoms with Gasteiger partial charge in [-0.25, -0.2) is 0 Å². The van der Waals surface area contributed by atoms with Gasteiger partial charge in [-0.15, -0.1) is 0 Å². The fourth-order valence-corrected chi connectivity index (χ4v) is 2.72. The molecule has 1 aromatic carbocycles. The van der Waals surface area contributed by atoms with Crippen molar-refractivity contribution in [3.05, 3.63) is 22.7 Å². The zero-order valence-electron chi connectivity index (χ0n) is 10.8. The highest BCUT2D eigenvalue weighted by Crippen LogP contribution is 2.42. The maximum absolute atomic E-state index is 11.0. The first-order valence-electron chi connectivity index (χ1n) is 5.95. The monoisotopic (exact) mass is 285 g/mol. The van der Waals surface area contributed by atoms with Crippen molar-refractivity contribution in [1.29, 1.82) is 0 Å². The molecule has 0 radical (unpaired) electrons. The number of carboxylic acids is 1. The van der Waals surface area contributed by atoms with Crippen molar-refractivity contribution in [1.82, 2.24) is 5.32 Å². The van der Waals surface area contributed by atoms with Crippen molar-refractivity contribution in [3.8, 4) is 11.5 Å². The van der Waals surface area contributed by atoms with Crippen LogP contribution < -0.4 is 14.8 Å². The molecule has 0 saturated carbocycles. The highest BCUT2D eigenvalue weighted by Gasteiger charge is 2.33. The van der Waals surface area contributed by atoms with Gasteiger partial charge in [-0.3, -0.25) is 4.79 Å². The fraction of sp³-hybridized carbons (Fsp3) is 0.462. The lowest BCUT2D eigenvalue weighted by atomic mass is 9.99. The van der Waals surface area contributed by atoms with E-state index in [-0.39, 0.29) is 6.04 Å². The van der Waals surface area contributed by atoms with Gasteiger partial charge in [-0.1, -0.05) is 11.6 Å². The molecule has 5 nitrogen and oxygen atoms in total. The van der Waals surface area contributed by atoms with Crippen LogP contribution in [0.15, 0.2) is 12.1 Å². The molecule has 6 heteroatoms. The third-order valence-electron chi connectivity index (χ3n) is 3.37. The predicted molar refractivity (Wildman–Crippen MR) is 71.0 cm³/mol. The first kappa shape index (κ1) is 14.0. The molecule has 2 unspecified atom stereocenters. The second-order valence-corrected chi connectivity index (χ2v) is 4.81. The van der Waals surface area contributed by atoms with Gasteiger partial charge in [0.25, 0.3) is 0 Å². The normalized spacial score (nSPS) is 22.3. The molecule has 2 atom stereocenters. The smallest absolute Gasteiger partial charge is 0.307 e. The number of carboxylic acid groups (broad SMARTS) is 1. The maximum Gasteiger partial charge on any atom is 0.307 e. The Hall–Kier alpha value is -1.46. The highest BCUT2D eigenvalue weighted by atomic mass is 35.5. The summed E-state index contributed by atoms with van der Waals surface area (Å²) in [6.45, 7) is 0.427. The van der Waals surface area contributed by atoms with Crippen LogP contribution in [0.4, 0.5) is 0 Å². The van der Waals surface area contributed by atoms with Crippen LogP contribution in [0.5, 0.6) is 11.5 Å². The Morgan fingerprint density at radius 3 is 2.53 bits per heavy atom. The lowest BCUT2D eigenvalue weighted by Crippen LogP contribution is -2.17. The second kappa shape index (κ2) is 5.67. The molecule has 19 heavy (non-hydrogen) atoms. The van der Waals surface area contributed by atoms with E-state index >= 15 is 0 Å². The number of rotatable bonds is 4. The largest absolute Gasteiger partial charge is 0.496 e. The van der Waals surface area contributed by atoms with E-state index in [1.807, 2.05) is 0 Å². The zero-order valence-corrected chi connectivity index (χ0v) is 11.5. The summed E-state index contributed by atoms with van der Waals surface area (Å²) in [7, 11) is 3.10. The number of halogens is 1. The van der Waals surface area contributed by atoms with E-state index in [1.54, 1.807) is 26.4 Å². The van der Waals surface area contributed by atoms with Gasteiger partial charge in [-0.2, -0.15) is 0 Å². The molecule has 1 saturated heterocycles. The molecule has 104 valence electrons. The molecule has 2 rings (SSSR count). The van der Waals surface area contributed by atoms with E-state index in [0.29, 0.717) is 29.5 Å². The topological polar surface area (TPSA) is 67.8 Å². The van der Waals surface area contributed by atoms with Crippen molar-refractivity contribution in [2.75, 3.05) is 20.8 Å². The Labute approximate surface area is 116 Å². The van der Waals surface area contributed by atoms with Crippen LogP contribution in [-0.4, -0.2) is 31.8 Å². The van der Waals surface area contributed by atoms with Gasteiger partial charge in [-0.05, 0) is 18.6 Å². The van der Waals surface area contributed by atoms with Gasteiger partial charge < -0.3 is 19.9 Å². The molecule has 1 aliphatic heterocycles. The molecular formula is C13H16ClNO4. The molecule has 0 amide bonds. The maximum atomic E-state index is 11.0. The number of hydrogen-bond donors (Lipinski definition) is 2. The molecule has 0 aromatic heterocycles. The summed E-state index contributed by atoms with van der Waals surface area (Å²) in [6.07, 6.45) is 0.485. The third kappa shape index (κ3) is 2.62. The SMILES string of the molecule is COc1ccc(OC)c(C2CC(C(=O)O)CN2)c1Cl. The van der Waals surface area contributed by atoms with Gasteiger partial charge in [0, 0.05) is 18.2 Å². The van der Waals surface area contributed by atoms with E-state index in [2.05, 4.69) is 5.32 Å². The number of methoxy groups -OCH3 is 2. The Kier molecular flexibility index (Phi) is 4.17. The van der Waals surface area contributed by atoms with Gasteiger partial charge in [0.2, 0.25) is 0 Å². The number of hydrogen-bond acceptors (Lipinski definition) is 4. The average molecular weight is 286 g/mol. The first-order chi connectivity index (χ1) is 9.08. The molecule has 1 aliphatic rings. The third-order valence-corrected chi connectivity index (χ3v) is 3.76. The van der Waals surface area contributed by atoms with Crippen LogP contribution >= 0.6 is 11.6 Å². The quantitative estimate of drug-likeness (QED) is 0.887. The Morgan fingerprint density at radius 2 is 2.00 bits per heavy atom. The van der Waals surface area contributed by atoms with Crippen molar-refractivity contribution in [2.24, 2.45) is 5.92 Å². The molecule has 1 aromatic rings. The van der Waals surface area contributed by atoms with Crippen molar-refractivity contribution < 1.29 is 19.4 Å². The highest BCUT2D eigenvalue weighted by molar-refractivity contribution is 6.33. The summed E-state index contributed by atoms with van der Waals surface area (Å²) in [5.74, 6) is -0.0164. The van der Waals surface area contributed by atoms with Crippen LogP contribution in [0, 0.1) is 5.92 Å². The fourth-order valence-electron chi connectivity index (χ4n) is 2.36. The van der Waals surface area contributed by atoms with E-state index < -0.39 is 11.9 Å². The number of ether oxygens (including phenoxy) is 2. The molecule has 0 aliphatic carbocycles. The van der Waals surface area contributed by atoms with Crippen LogP contribution in [0.25, 0.3) is 0 Å². The molecular weight excluding hydrogens is 270 g/mol. The molecule has 1 heterocycles. The molecule has 0 spiro atoms. The predicted octanol–water partition coefficient (Wildman–Crippen LogP) is 2.09. The lowest BCUT2D eigenvalue weighted by Gasteiger charge is -2.18. The van der Waals surface area contributed by atoms with E-state index in [0.717, 1.165) is 5.56 Å². The summed E-state index contributed by atoms with van der Waals surface area (Å²) in [4.78, 5) is 11.0. The van der Waals surface area contributed by atoms with Crippen LogP contribution in [-0.2, 0) is 4.79 Å². The van der Waals surface area contributed by atoms with Crippen molar-refractivity contribution >= 4 is 17.6 Å². The van der Waals surface area contributed by atoms with Gasteiger partial charge in [0.05, 0.1) is 25.2 Å². The number of aliphatic carboxylic acids is 1. The molecule has 2 N–H and O–H groups in total. The van der Waals surface area contributed by atoms with Crippen LogP contribution in [0.1, 0.15) is 18.0 Å². The summed E-state index contributed by atoms with van der Waals surface area (Å²) < 4.78 is 10.5. The minimum absolute atomic E-state index is 0.140. The summed E-state index contributed by atoms with van der Waals surface area (Å²) >= 11 is 6.31. The van der Waals surface area contributed by atoms with Crippen LogP contribution in [0.2, 0.25) is 5.02 Å². The van der Waals surface area contributed by atoms with Gasteiger partial charge in [0.15, 0.2) is 0 Å². The van der Waals surface area contributed by atoms with E-state index in [1.165, 1.54) is 0 Å². The Morgan fingerprint density at radius 1 is 1.37 bits per heavy atom. The van der Waals surface area contributed by atoms with Crippen LogP contribution in [0.3, 0.4) is 0 Å². The number of benzene rings is 1. The number of nitrogens with one attached hydrogen (secondary N) is 1. The van der Waals surface area contributed by atoms with Gasteiger partial charge >= 0.3 is 5.97 Å². The lowest BCUT2D eigenvalue weighted by molar-refractivity contribution is -0.141. The molecule has 1 fully saturated rings. The summed E-state index contributed by atoms with van der Waals surface area (Å²) in [5, 5.41) is 12.7. The van der Waals surface area contributed by atoms with Crippen molar-refractivity contribution in [3.63, 3.8) is 0 Å². The number of carbonyl (C=O) groups is 1. The van der Waals surface area contributed by atoms with E-state index in [4.69, 9.17) is 26.2 Å². The zero-order chi connectivity index (χ0) is 14.0. The minimum Gasteiger partial charge on any atom is -0.496 e.